The number of nitrogens with zero attached hydrogens (tertiary/aromatic N) is 4. The number of aromatic nitrogens is 2. The van der Waals surface area contributed by atoms with Crippen LogP contribution in [0, 0.1) is 27.7 Å². The van der Waals surface area contributed by atoms with Gasteiger partial charge in [-0.25, -0.2) is 4.98 Å². The van der Waals surface area contributed by atoms with E-state index >= 15 is 0 Å². The Morgan fingerprint density at radius 3 is 2.62 bits per heavy atom. The normalized spacial score (nSPS) is 17.2. The summed E-state index contributed by atoms with van der Waals surface area (Å²) >= 11 is 0. The minimum absolute atomic E-state index is 0.0735. The van der Waals surface area contributed by atoms with E-state index in [1.807, 2.05) is 18.4 Å². The van der Waals surface area contributed by atoms with Gasteiger partial charge in [-0.15, -0.1) is 0 Å². The van der Waals surface area contributed by atoms with Crippen molar-refractivity contribution in [2.45, 2.75) is 66.5 Å². The summed E-state index contributed by atoms with van der Waals surface area (Å²) in [7, 11) is 0. The van der Waals surface area contributed by atoms with Crippen LogP contribution in [0.2, 0.25) is 0 Å². The van der Waals surface area contributed by atoms with Crippen molar-refractivity contribution >= 4 is 11.6 Å². The average molecular weight is 393 g/mol. The molecule has 2 aromatic rings. The average Bonchev–Trinajstić information content (AvgIpc) is 2.73. The maximum absolute atomic E-state index is 13.1. The second kappa shape index (κ2) is 8.15. The van der Waals surface area contributed by atoms with Crippen molar-refractivity contribution in [3.8, 4) is 0 Å². The highest BCUT2D eigenvalue weighted by Crippen LogP contribution is 2.32. The van der Waals surface area contributed by atoms with E-state index in [1.165, 1.54) is 36.8 Å². The minimum atomic E-state index is 0.0735. The van der Waals surface area contributed by atoms with Gasteiger partial charge in [-0.1, -0.05) is 23.8 Å². The number of fused-ring (bicyclic) bond motifs is 1. The highest BCUT2D eigenvalue weighted by atomic mass is 16.1. The molecule has 0 atom stereocenters. The molecule has 0 radical (unpaired) electrons. The van der Waals surface area contributed by atoms with Crippen LogP contribution < -0.4 is 10.5 Å². The maximum atomic E-state index is 13.1. The number of hydrogen-bond acceptors (Lipinski definition) is 4. The highest BCUT2D eigenvalue weighted by Gasteiger charge is 2.28. The van der Waals surface area contributed by atoms with Crippen LogP contribution in [-0.4, -0.2) is 27.7 Å². The first-order valence-electron chi connectivity index (χ1n) is 10.8. The molecule has 0 bridgehead atoms. The summed E-state index contributed by atoms with van der Waals surface area (Å²) in [6, 6.07) is 6.37. The maximum Gasteiger partial charge on any atom is 0.259 e. The van der Waals surface area contributed by atoms with E-state index in [1.54, 1.807) is 5.57 Å². The molecule has 0 saturated carbocycles. The van der Waals surface area contributed by atoms with Gasteiger partial charge in [0.2, 0.25) is 5.95 Å². The molecule has 29 heavy (non-hydrogen) atoms. The van der Waals surface area contributed by atoms with Crippen LogP contribution in [-0.2, 0) is 6.67 Å². The van der Waals surface area contributed by atoms with Gasteiger partial charge in [0, 0.05) is 23.5 Å². The van der Waals surface area contributed by atoms with E-state index in [9.17, 15) is 4.79 Å². The smallest absolute Gasteiger partial charge is 0.259 e. The van der Waals surface area contributed by atoms with Crippen molar-refractivity contribution in [1.82, 2.24) is 14.5 Å². The summed E-state index contributed by atoms with van der Waals surface area (Å²) < 4.78 is 1.85. The molecule has 2 heterocycles. The van der Waals surface area contributed by atoms with Crippen LogP contribution in [0.25, 0.3) is 0 Å². The Bertz CT molecular complexity index is 1000. The standard InChI is InChI=1S/C24H32N4O/c1-17-9-8-12-22(18(17)2)27-15-26(14-13-21-10-6-5-7-11-21)16-28-23(29)19(3)20(4)25-24(27)28/h8-10,12H,5-7,11,13-16H2,1-4H3. The van der Waals surface area contributed by atoms with Crippen LogP contribution in [0.5, 0.6) is 0 Å². The summed E-state index contributed by atoms with van der Waals surface area (Å²) in [5, 5.41) is 0. The molecular formula is C24H32N4O. The van der Waals surface area contributed by atoms with Gasteiger partial charge in [0.05, 0.1) is 13.3 Å². The van der Waals surface area contributed by atoms with Gasteiger partial charge in [-0.3, -0.25) is 19.2 Å². The fourth-order valence-corrected chi connectivity index (χ4v) is 4.37. The topological polar surface area (TPSA) is 41.4 Å². The van der Waals surface area contributed by atoms with Crippen molar-refractivity contribution < 1.29 is 0 Å². The second-order valence-electron chi connectivity index (χ2n) is 8.54. The van der Waals surface area contributed by atoms with Crippen molar-refractivity contribution in [1.29, 1.82) is 0 Å². The van der Waals surface area contributed by atoms with Gasteiger partial charge in [0.25, 0.3) is 5.56 Å². The zero-order valence-corrected chi connectivity index (χ0v) is 18.2. The second-order valence-corrected chi connectivity index (χ2v) is 8.54. The van der Waals surface area contributed by atoms with Crippen LogP contribution >= 0.6 is 0 Å². The first kappa shape index (κ1) is 19.9. The van der Waals surface area contributed by atoms with Gasteiger partial charge < -0.3 is 0 Å². The molecule has 4 rings (SSSR count). The first-order chi connectivity index (χ1) is 14.0. The third kappa shape index (κ3) is 3.88. The van der Waals surface area contributed by atoms with E-state index in [-0.39, 0.29) is 5.56 Å². The van der Waals surface area contributed by atoms with E-state index in [0.29, 0.717) is 6.67 Å². The molecule has 0 N–H and O–H groups in total. The van der Waals surface area contributed by atoms with Gasteiger partial charge in [-0.2, -0.15) is 0 Å². The van der Waals surface area contributed by atoms with Gasteiger partial charge >= 0.3 is 0 Å². The number of aryl methyl sites for hydroxylation is 2. The van der Waals surface area contributed by atoms with Crippen molar-refractivity contribution in [2.75, 3.05) is 18.1 Å². The molecule has 2 aliphatic rings. The largest absolute Gasteiger partial charge is 0.298 e. The monoisotopic (exact) mass is 392 g/mol. The number of anilines is 2. The molecule has 1 aromatic heterocycles. The lowest BCUT2D eigenvalue weighted by Gasteiger charge is -2.39. The summed E-state index contributed by atoms with van der Waals surface area (Å²) in [4.78, 5) is 22.5. The lowest BCUT2D eigenvalue weighted by Crippen LogP contribution is -2.48. The molecular weight excluding hydrogens is 360 g/mol. The number of allylic oxidation sites excluding steroid dienone is 1. The molecule has 1 aliphatic heterocycles. The zero-order chi connectivity index (χ0) is 20.5. The van der Waals surface area contributed by atoms with Crippen molar-refractivity contribution in [3.63, 3.8) is 0 Å². The minimum Gasteiger partial charge on any atom is -0.298 e. The summed E-state index contributed by atoms with van der Waals surface area (Å²) in [6.07, 6.45) is 8.58. The van der Waals surface area contributed by atoms with Gasteiger partial charge in [0.1, 0.15) is 0 Å². The fraction of sp³-hybridized carbons (Fsp3) is 0.500. The summed E-state index contributed by atoms with van der Waals surface area (Å²) in [5.74, 6) is 0.764. The van der Waals surface area contributed by atoms with Crippen LogP contribution in [0.1, 0.15) is 54.5 Å². The highest BCUT2D eigenvalue weighted by molar-refractivity contribution is 5.64. The third-order valence-corrected chi connectivity index (χ3v) is 6.54. The number of rotatable bonds is 4. The molecule has 5 heteroatoms. The Kier molecular flexibility index (Phi) is 5.59. The summed E-state index contributed by atoms with van der Waals surface area (Å²) in [5.41, 5.74) is 6.84. The van der Waals surface area contributed by atoms with E-state index in [4.69, 9.17) is 4.98 Å². The predicted molar refractivity (Wildman–Crippen MR) is 119 cm³/mol. The first-order valence-corrected chi connectivity index (χ1v) is 10.8. The molecule has 5 nitrogen and oxygen atoms in total. The predicted octanol–water partition coefficient (Wildman–Crippen LogP) is 4.74. The third-order valence-electron chi connectivity index (χ3n) is 6.54. The van der Waals surface area contributed by atoms with Crippen molar-refractivity contribution in [3.05, 3.63) is 62.6 Å². The molecule has 1 aliphatic carbocycles. The molecule has 0 fully saturated rings. The Morgan fingerprint density at radius 1 is 1.03 bits per heavy atom. The van der Waals surface area contributed by atoms with Crippen LogP contribution in [0.3, 0.4) is 0 Å². The van der Waals surface area contributed by atoms with Crippen molar-refractivity contribution in [2.24, 2.45) is 0 Å². The van der Waals surface area contributed by atoms with E-state index in [2.05, 4.69) is 47.9 Å². The SMILES string of the molecule is Cc1cccc(N2CN(CCC3=CCCCC3)Cn3c2nc(C)c(C)c3=O)c1C. The molecule has 0 saturated heterocycles. The van der Waals surface area contributed by atoms with Crippen LogP contribution in [0.4, 0.5) is 11.6 Å². The van der Waals surface area contributed by atoms with E-state index in [0.717, 1.165) is 42.5 Å². The van der Waals surface area contributed by atoms with Crippen LogP contribution in [0.15, 0.2) is 34.6 Å². The van der Waals surface area contributed by atoms with E-state index < -0.39 is 0 Å². The van der Waals surface area contributed by atoms with Gasteiger partial charge in [0.15, 0.2) is 0 Å². The molecule has 154 valence electrons. The van der Waals surface area contributed by atoms with Gasteiger partial charge in [-0.05, 0) is 77.0 Å². The Labute approximate surface area is 173 Å². The molecule has 0 amide bonds. The lowest BCUT2D eigenvalue weighted by molar-refractivity contribution is 0.199. The number of benzene rings is 1. The Hall–Kier alpha value is -2.40. The fourth-order valence-electron chi connectivity index (χ4n) is 4.37. The zero-order valence-electron chi connectivity index (χ0n) is 18.2. The lowest BCUT2D eigenvalue weighted by atomic mass is 9.97. The molecule has 0 spiro atoms. The quantitative estimate of drug-likeness (QED) is 0.705. The molecule has 1 aromatic carbocycles. The Balaban J connectivity index is 1.71. The summed E-state index contributed by atoms with van der Waals surface area (Å²) in [6.45, 7) is 10.4. The Morgan fingerprint density at radius 2 is 1.86 bits per heavy atom. The number of hydrogen-bond donors (Lipinski definition) is 0. The molecule has 0 unspecified atom stereocenters.